The van der Waals surface area contributed by atoms with Crippen LogP contribution >= 0.6 is 0 Å². The van der Waals surface area contributed by atoms with Gasteiger partial charge in [-0.3, -0.25) is 0 Å². The molecule has 82 valence electrons. The number of nitrogens with one attached hydrogen (secondary N) is 1. The summed E-state index contributed by atoms with van der Waals surface area (Å²) in [5.41, 5.74) is 0. The first-order chi connectivity index (χ1) is 6.79. The second kappa shape index (κ2) is 4.63. The summed E-state index contributed by atoms with van der Waals surface area (Å²) in [5.74, 6) is 0. The molecule has 0 aromatic heterocycles. The van der Waals surface area contributed by atoms with Crippen molar-refractivity contribution < 1.29 is 0 Å². The van der Waals surface area contributed by atoms with Crippen molar-refractivity contribution in [2.75, 3.05) is 13.1 Å². The molecule has 2 aliphatic rings. The summed E-state index contributed by atoms with van der Waals surface area (Å²) in [5, 5.41) is 3.75. The highest BCUT2D eigenvalue weighted by Gasteiger charge is 2.31. The minimum absolute atomic E-state index is 0.702. The molecule has 1 N–H and O–H groups in total. The van der Waals surface area contributed by atoms with Crippen molar-refractivity contribution in [3.05, 3.63) is 0 Å². The third kappa shape index (κ3) is 2.29. The molecule has 0 radical (unpaired) electrons. The normalized spacial score (nSPS) is 35.6. The van der Waals surface area contributed by atoms with Crippen molar-refractivity contribution in [1.29, 1.82) is 0 Å². The van der Waals surface area contributed by atoms with E-state index in [1.165, 1.54) is 45.2 Å². The van der Waals surface area contributed by atoms with Crippen LogP contribution in [0.1, 0.15) is 46.0 Å². The Morgan fingerprint density at radius 2 is 2.21 bits per heavy atom. The summed E-state index contributed by atoms with van der Waals surface area (Å²) in [7, 11) is 0. The van der Waals surface area contributed by atoms with Crippen LogP contribution in [0.4, 0.5) is 0 Å². The maximum atomic E-state index is 3.75. The van der Waals surface area contributed by atoms with Gasteiger partial charge in [0.25, 0.3) is 0 Å². The zero-order chi connectivity index (χ0) is 9.97. The summed E-state index contributed by atoms with van der Waals surface area (Å²) in [4.78, 5) is 2.69. The number of hydrogen-bond donors (Lipinski definition) is 1. The highest BCUT2D eigenvalue weighted by molar-refractivity contribution is 4.89. The van der Waals surface area contributed by atoms with Gasteiger partial charge in [0.1, 0.15) is 0 Å². The van der Waals surface area contributed by atoms with Crippen molar-refractivity contribution in [3.8, 4) is 0 Å². The molecular formula is C12H24N2. The Morgan fingerprint density at radius 1 is 1.36 bits per heavy atom. The van der Waals surface area contributed by atoms with E-state index in [0.29, 0.717) is 6.04 Å². The Balaban J connectivity index is 1.79. The highest BCUT2D eigenvalue weighted by Crippen LogP contribution is 2.26. The summed E-state index contributed by atoms with van der Waals surface area (Å²) in [6.45, 7) is 7.27. The summed E-state index contributed by atoms with van der Waals surface area (Å²) in [6, 6.07) is 2.41. The van der Waals surface area contributed by atoms with Crippen molar-refractivity contribution in [2.24, 2.45) is 0 Å². The van der Waals surface area contributed by atoms with Gasteiger partial charge < -0.3 is 10.2 Å². The average Bonchev–Trinajstić information content (AvgIpc) is 2.64. The van der Waals surface area contributed by atoms with E-state index in [2.05, 4.69) is 24.1 Å². The third-order valence-electron chi connectivity index (χ3n) is 3.95. The highest BCUT2D eigenvalue weighted by atomic mass is 15.2. The van der Waals surface area contributed by atoms with Crippen LogP contribution in [0.2, 0.25) is 0 Å². The fourth-order valence-corrected chi connectivity index (χ4v) is 2.90. The molecule has 2 heterocycles. The van der Waals surface area contributed by atoms with Crippen molar-refractivity contribution in [2.45, 2.75) is 64.1 Å². The first-order valence-electron chi connectivity index (χ1n) is 6.29. The van der Waals surface area contributed by atoms with E-state index in [9.17, 15) is 0 Å². The van der Waals surface area contributed by atoms with E-state index in [1.807, 2.05) is 0 Å². The van der Waals surface area contributed by atoms with E-state index < -0.39 is 0 Å². The van der Waals surface area contributed by atoms with E-state index in [-0.39, 0.29) is 0 Å². The molecular weight excluding hydrogens is 172 g/mol. The largest absolute Gasteiger partial charge is 0.311 e. The molecule has 0 aromatic carbocycles. The molecule has 2 saturated heterocycles. The summed E-state index contributed by atoms with van der Waals surface area (Å²) < 4.78 is 0. The molecule has 3 atom stereocenters. The standard InChI is InChI=1S/C12H24N2/c1-3-10(2)13-11-6-8-14-7-4-5-12(14)9-11/h10-13H,3-9H2,1-2H3. The molecule has 14 heavy (non-hydrogen) atoms. The molecule has 2 aliphatic heterocycles. The van der Waals surface area contributed by atoms with Gasteiger partial charge in [0.05, 0.1) is 0 Å². The second-order valence-corrected chi connectivity index (χ2v) is 5.03. The molecule has 0 bridgehead atoms. The summed E-state index contributed by atoms with van der Waals surface area (Å²) in [6.07, 6.45) is 6.88. The Labute approximate surface area is 88.1 Å². The Morgan fingerprint density at radius 3 is 3.00 bits per heavy atom. The van der Waals surface area contributed by atoms with Gasteiger partial charge >= 0.3 is 0 Å². The predicted octanol–water partition coefficient (Wildman–Crippen LogP) is 2.00. The lowest BCUT2D eigenvalue weighted by atomic mass is 9.97. The van der Waals surface area contributed by atoms with Crippen LogP contribution in [0, 0.1) is 0 Å². The minimum atomic E-state index is 0.702. The van der Waals surface area contributed by atoms with Crippen LogP contribution in [0.5, 0.6) is 0 Å². The van der Waals surface area contributed by atoms with Crippen LogP contribution in [-0.4, -0.2) is 36.1 Å². The van der Waals surface area contributed by atoms with Crippen molar-refractivity contribution in [3.63, 3.8) is 0 Å². The van der Waals surface area contributed by atoms with Crippen LogP contribution in [0.25, 0.3) is 0 Å². The zero-order valence-electron chi connectivity index (χ0n) is 9.63. The van der Waals surface area contributed by atoms with Gasteiger partial charge in [-0.05, 0) is 52.1 Å². The third-order valence-corrected chi connectivity index (χ3v) is 3.95. The SMILES string of the molecule is CCC(C)NC1CCN2CCCC2C1. The molecule has 2 rings (SSSR count). The lowest BCUT2D eigenvalue weighted by Crippen LogP contribution is -2.47. The predicted molar refractivity (Wildman–Crippen MR) is 60.5 cm³/mol. The first kappa shape index (κ1) is 10.4. The number of piperidine rings is 1. The van der Waals surface area contributed by atoms with Crippen LogP contribution in [0.15, 0.2) is 0 Å². The van der Waals surface area contributed by atoms with Gasteiger partial charge in [-0.1, -0.05) is 6.92 Å². The van der Waals surface area contributed by atoms with Crippen molar-refractivity contribution >= 4 is 0 Å². The van der Waals surface area contributed by atoms with E-state index in [1.54, 1.807) is 0 Å². The topological polar surface area (TPSA) is 15.3 Å². The number of rotatable bonds is 3. The molecule has 0 amide bonds. The van der Waals surface area contributed by atoms with Gasteiger partial charge in [0.15, 0.2) is 0 Å². The van der Waals surface area contributed by atoms with Gasteiger partial charge in [-0.2, -0.15) is 0 Å². The molecule has 0 aliphatic carbocycles. The molecule has 0 aromatic rings. The Bertz CT molecular complexity index is 181. The smallest absolute Gasteiger partial charge is 0.0111 e. The van der Waals surface area contributed by atoms with Crippen LogP contribution < -0.4 is 5.32 Å². The Kier molecular flexibility index (Phi) is 3.45. The number of nitrogens with zero attached hydrogens (tertiary/aromatic N) is 1. The van der Waals surface area contributed by atoms with Gasteiger partial charge in [0, 0.05) is 18.1 Å². The van der Waals surface area contributed by atoms with E-state index in [0.717, 1.165) is 12.1 Å². The fraction of sp³-hybridized carbons (Fsp3) is 1.00. The first-order valence-corrected chi connectivity index (χ1v) is 6.29. The lowest BCUT2D eigenvalue weighted by Gasteiger charge is -2.36. The lowest BCUT2D eigenvalue weighted by molar-refractivity contribution is 0.161. The van der Waals surface area contributed by atoms with Crippen molar-refractivity contribution in [1.82, 2.24) is 10.2 Å². The molecule has 2 heteroatoms. The number of hydrogen-bond acceptors (Lipinski definition) is 2. The quantitative estimate of drug-likeness (QED) is 0.743. The maximum absolute atomic E-state index is 3.75. The molecule has 3 unspecified atom stereocenters. The van der Waals surface area contributed by atoms with E-state index in [4.69, 9.17) is 0 Å². The minimum Gasteiger partial charge on any atom is -0.311 e. The maximum Gasteiger partial charge on any atom is 0.0111 e. The van der Waals surface area contributed by atoms with Gasteiger partial charge in [-0.25, -0.2) is 0 Å². The van der Waals surface area contributed by atoms with E-state index >= 15 is 0 Å². The summed E-state index contributed by atoms with van der Waals surface area (Å²) >= 11 is 0. The second-order valence-electron chi connectivity index (χ2n) is 5.03. The Hall–Kier alpha value is -0.0800. The monoisotopic (exact) mass is 196 g/mol. The number of fused-ring (bicyclic) bond motifs is 1. The fourth-order valence-electron chi connectivity index (χ4n) is 2.90. The molecule has 2 nitrogen and oxygen atoms in total. The van der Waals surface area contributed by atoms with Crippen LogP contribution in [0.3, 0.4) is 0 Å². The van der Waals surface area contributed by atoms with Gasteiger partial charge in [0.2, 0.25) is 0 Å². The zero-order valence-corrected chi connectivity index (χ0v) is 9.63. The average molecular weight is 196 g/mol. The van der Waals surface area contributed by atoms with Crippen LogP contribution in [-0.2, 0) is 0 Å². The van der Waals surface area contributed by atoms with Gasteiger partial charge in [-0.15, -0.1) is 0 Å². The molecule has 0 spiro atoms. The molecule has 0 saturated carbocycles. The molecule has 2 fully saturated rings.